The molecule has 120 valence electrons. The molecule has 23 heavy (non-hydrogen) atoms. The van der Waals surface area contributed by atoms with E-state index in [1.54, 1.807) is 6.92 Å². The minimum atomic E-state index is -1.20. The molecule has 0 bridgehead atoms. The number of alkyl halides is 1. The van der Waals surface area contributed by atoms with Gasteiger partial charge in [0.2, 0.25) is 0 Å². The lowest BCUT2D eigenvalue weighted by Crippen LogP contribution is -2.37. The van der Waals surface area contributed by atoms with Crippen molar-refractivity contribution in [2.24, 2.45) is 0 Å². The number of hydrogen-bond donors (Lipinski definition) is 1. The van der Waals surface area contributed by atoms with E-state index >= 15 is 0 Å². The average Bonchev–Trinajstić information content (AvgIpc) is 2.53. The molecule has 1 aromatic carbocycles. The number of halogens is 1. The molecule has 0 aromatic heterocycles. The number of nitrogens with zero attached hydrogens (tertiary/aromatic N) is 2. The molecule has 0 spiro atoms. The lowest BCUT2D eigenvalue weighted by atomic mass is 9.93. The zero-order chi connectivity index (χ0) is 17.0. The van der Waals surface area contributed by atoms with E-state index in [9.17, 15) is 14.5 Å². The van der Waals surface area contributed by atoms with Crippen molar-refractivity contribution >= 4 is 28.5 Å². The number of nitro benzene ring substituents is 1. The predicted molar refractivity (Wildman–Crippen MR) is 86.9 cm³/mol. The van der Waals surface area contributed by atoms with Crippen LogP contribution in [0, 0.1) is 21.4 Å². The summed E-state index contributed by atoms with van der Waals surface area (Å²) in [5.74, 6) is 0.331. The highest BCUT2D eigenvalue weighted by Gasteiger charge is 2.33. The van der Waals surface area contributed by atoms with Gasteiger partial charge in [0.25, 0.3) is 5.69 Å². The highest BCUT2D eigenvalue weighted by atomic mass is 32.1. The third kappa shape index (κ3) is 3.63. The second-order valence-electron chi connectivity index (χ2n) is 5.21. The number of ether oxygens (including phenoxy) is 1. The SMILES string of the molecule is CC1(CF)C=C(C(=S)NCCC#N)c2cc([N+](=O)[O-])ccc2O1. The molecule has 2 rings (SSSR count). The molecule has 1 heterocycles. The van der Waals surface area contributed by atoms with Crippen LogP contribution in [-0.4, -0.2) is 28.7 Å². The molecule has 1 aliphatic rings. The van der Waals surface area contributed by atoms with E-state index < -0.39 is 17.2 Å². The van der Waals surface area contributed by atoms with Crippen molar-refractivity contribution in [3.05, 3.63) is 40.0 Å². The topological polar surface area (TPSA) is 88.2 Å². The van der Waals surface area contributed by atoms with Crippen molar-refractivity contribution in [1.82, 2.24) is 5.32 Å². The summed E-state index contributed by atoms with van der Waals surface area (Å²) in [6.45, 7) is 1.13. The fourth-order valence-corrected chi connectivity index (χ4v) is 2.45. The maximum atomic E-state index is 13.3. The van der Waals surface area contributed by atoms with E-state index in [0.717, 1.165) is 0 Å². The van der Waals surface area contributed by atoms with Crippen LogP contribution < -0.4 is 10.1 Å². The molecule has 0 saturated heterocycles. The molecule has 1 N–H and O–H groups in total. The van der Waals surface area contributed by atoms with E-state index in [4.69, 9.17) is 22.2 Å². The van der Waals surface area contributed by atoms with Gasteiger partial charge in [0.05, 0.1) is 17.4 Å². The third-order valence-corrected chi connectivity index (χ3v) is 3.65. The highest BCUT2D eigenvalue weighted by molar-refractivity contribution is 7.81. The molecule has 8 heteroatoms. The summed E-state index contributed by atoms with van der Waals surface area (Å²) in [7, 11) is 0. The Morgan fingerprint density at radius 2 is 2.35 bits per heavy atom. The van der Waals surface area contributed by atoms with Crippen molar-refractivity contribution in [3.8, 4) is 11.8 Å². The van der Waals surface area contributed by atoms with Gasteiger partial charge in [0.15, 0.2) is 5.60 Å². The van der Waals surface area contributed by atoms with Crippen molar-refractivity contribution in [2.45, 2.75) is 18.9 Å². The molecule has 1 atom stereocenters. The summed E-state index contributed by atoms with van der Waals surface area (Å²) < 4.78 is 18.9. The molecule has 0 amide bonds. The lowest BCUT2D eigenvalue weighted by molar-refractivity contribution is -0.384. The minimum Gasteiger partial charge on any atom is -0.480 e. The molecule has 1 aliphatic heterocycles. The Morgan fingerprint density at radius 3 is 2.96 bits per heavy atom. The van der Waals surface area contributed by atoms with Crippen LogP contribution in [0.5, 0.6) is 5.75 Å². The van der Waals surface area contributed by atoms with Crippen LogP contribution >= 0.6 is 12.2 Å². The molecule has 0 radical (unpaired) electrons. The van der Waals surface area contributed by atoms with Gasteiger partial charge in [-0.3, -0.25) is 10.1 Å². The summed E-state index contributed by atoms with van der Waals surface area (Å²) >= 11 is 5.29. The summed E-state index contributed by atoms with van der Waals surface area (Å²) in [5, 5.41) is 22.4. The van der Waals surface area contributed by atoms with Gasteiger partial charge in [-0.15, -0.1) is 0 Å². The van der Waals surface area contributed by atoms with Crippen molar-refractivity contribution in [1.29, 1.82) is 5.26 Å². The van der Waals surface area contributed by atoms with Gasteiger partial charge >= 0.3 is 0 Å². The molecule has 6 nitrogen and oxygen atoms in total. The van der Waals surface area contributed by atoms with Gasteiger partial charge in [0, 0.05) is 29.8 Å². The summed E-state index contributed by atoms with van der Waals surface area (Å²) in [6, 6.07) is 6.06. The highest BCUT2D eigenvalue weighted by Crippen LogP contribution is 2.38. The summed E-state index contributed by atoms with van der Waals surface area (Å²) in [4.78, 5) is 10.7. The first-order chi connectivity index (χ1) is 10.9. The van der Waals surface area contributed by atoms with E-state index in [0.29, 0.717) is 28.4 Å². The van der Waals surface area contributed by atoms with E-state index in [2.05, 4.69) is 5.32 Å². The minimum absolute atomic E-state index is 0.109. The van der Waals surface area contributed by atoms with Gasteiger partial charge in [-0.2, -0.15) is 5.26 Å². The quantitative estimate of drug-likeness (QED) is 0.385. The van der Waals surface area contributed by atoms with Crippen LogP contribution in [0.25, 0.3) is 5.57 Å². The number of nitriles is 1. The Kier molecular flexibility index (Phi) is 4.91. The van der Waals surface area contributed by atoms with Crippen molar-refractivity contribution in [2.75, 3.05) is 13.2 Å². The predicted octanol–water partition coefficient (Wildman–Crippen LogP) is 2.93. The smallest absolute Gasteiger partial charge is 0.270 e. The number of fused-ring (bicyclic) bond motifs is 1. The number of benzene rings is 1. The normalized spacial score (nSPS) is 18.9. The van der Waals surface area contributed by atoms with Crippen LogP contribution in [0.1, 0.15) is 18.9 Å². The molecule has 0 fully saturated rings. The molecular weight excluding hydrogens is 321 g/mol. The number of non-ortho nitro benzene ring substituents is 1. The van der Waals surface area contributed by atoms with Gasteiger partial charge < -0.3 is 10.1 Å². The van der Waals surface area contributed by atoms with Gasteiger partial charge in [-0.05, 0) is 19.1 Å². The lowest BCUT2D eigenvalue weighted by Gasteiger charge is -2.32. The van der Waals surface area contributed by atoms with E-state index in [1.165, 1.54) is 24.3 Å². The summed E-state index contributed by atoms with van der Waals surface area (Å²) in [6.07, 6.45) is 1.77. The number of nitro groups is 1. The Balaban J connectivity index is 2.44. The molecule has 1 unspecified atom stereocenters. The molecule has 1 aromatic rings. The van der Waals surface area contributed by atoms with Crippen LogP contribution in [-0.2, 0) is 0 Å². The van der Waals surface area contributed by atoms with Crippen LogP contribution in [0.3, 0.4) is 0 Å². The average molecular weight is 335 g/mol. The second-order valence-corrected chi connectivity index (χ2v) is 5.62. The molecule has 0 aliphatic carbocycles. The van der Waals surface area contributed by atoms with Crippen LogP contribution in [0.4, 0.5) is 10.1 Å². The van der Waals surface area contributed by atoms with Crippen molar-refractivity contribution < 1.29 is 14.1 Å². The maximum Gasteiger partial charge on any atom is 0.270 e. The summed E-state index contributed by atoms with van der Waals surface area (Å²) in [5.41, 5.74) is -0.413. The van der Waals surface area contributed by atoms with E-state index in [1.807, 2.05) is 6.07 Å². The number of hydrogen-bond acceptors (Lipinski definition) is 5. The second kappa shape index (κ2) is 6.71. The zero-order valence-corrected chi connectivity index (χ0v) is 13.2. The van der Waals surface area contributed by atoms with E-state index in [-0.39, 0.29) is 12.1 Å². The fourth-order valence-electron chi connectivity index (χ4n) is 2.18. The molecular formula is C15H14FN3O3S. The number of thiocarbonyl (C=S) groups is 1. The fraction of sp³-hybridized carbons (Fsp3) is 0.333. The first-order valence-corrected chi connectivity index (χ1v) is 7.23. The standard InChI is InChI=1S/C15H14FN3O3S/c1-15(9-16)8-12(14(23)18-6-2-5-17)11-7-10(19(20)21)3-4-13(11)22-15/h3-4,7-8H,2,6,9H2,1H3,(H,18,23). The Hall–Kier alpha value is -2.53. The first-order valence-electron chi connectivity index (χ1n) is 6.82. The zero-order valence-electron chi connectivity index (χ0n) is 12.3. The van der Waals surface area contributed by atoms with Gasteiger partial charge in [-0.25, -0.2) is 4.39 Å². The first kappa shape index (κ1) is 16.8. The van der Waals surface area contributed by atoms with Gasteiger partial charge in [-0.1, -0.05) is 12.2 Å². The maximum absolute atomic E-state index is 13.3. The Labute approximate surface area is 137 Å². The van der Waals surface area contributed by atoms with Crippen molar-refractivity contribution in [3.63, 3.8) is 0 Å². The monoisotopic (exact) mass is 335 g/mol. The number of rotatable bonds is 5. The Morgan fingerprint density at radius 1 is 1.61 bits per heavy atom. The van der Waals surface area contributed by atoms with Gasteiger partial charge in [0.1, 0.15) is 17.4 Å². The number of nitrogens with one attached hydrogen (secondary N) is 1. The van der Waals surface area contributed by atoms with Crippen LogP contribution in [0.2, 0.25) is 0 Å². The largest absolute Gasteiger partial charge is 0.480 e. The molecule has 0 saturated carbocycles. The Bertz CT molecular complexity index is 729. The third-order valence-electron chi connectivity index (χ3n) is 3.29. The van der Waals surface area contributed by atoms with Crippen LogP contribution in [0.15, 0.2) is 24.3 Å².